The van der Waals surface area contributed by atoms with Crippen LogP contribution >= 0.6 is 15.9 Å². The van der Waals surface area contributed by atoms with Gasteiger partial charge in [0.1, 0.15) is 10.4 Å². The van der Waals surface area contributed by atoms with Gasteiger partial charge < -0.3 is 10.3 Å². The third kappa shape index (κ3) is 3.39. The monoisotopic (exact) mass is 294 g/mol. The van der Waals surface area contributed by atoms with Gasteiger partial charge >= 0.3 is 0 Å². The number of rotatable bonds is 4. The molecule has 0 saturated carbocycles. The van der Waals surface area contributed by atoms with Crippen LogP contribution in [-0.2, 0) is 6.42 Å². The minimum atomic E-state index is -0.128. The van der Waals surface area contributed by atoms with Crippen LogP contribution in [0.4, 0.5) is 0 Å². The summed E-state index contributed by atoms with van der Waals surface area (Å²) in [6.45, 7) is 0.544. The van der Waals surface area contributed by atoms with Gasteiger partial charge in [-0.05, 0) is 28.1 Å². The number of hydrogen-bond acceptors (Lipinski definition) is 3. The first-order chi connectivity index (χ1) is 8.25. The van der Waals surface area contributed by atoms with E-state index in [2.05, 4.69) is 36.2 Å². The van der Waals surface area contributed by atoms with Crippen LogP contribution in [0.1, 0.15) is 16.2 Å². The number of aromatic amines is 1. The zero-order chi connectivity index (χ0) is 12.1. The van der Waals surface area contributed by atoms with Gasteiger partial charge in [-0.3, -0.25) is 4.79 Å². The van der Waals surface area contributed by atoms with Crippen molar-refractivity contribution in [1.29, 1.82) is 0 Å². The van der Waals surface area contributed by atoms with Crippen molar-refractivity contribution in [1.82, 2.24) is 20.3 Å². The molecule has 0 fully saturated rings. The third-order valence-electron chi connectivity index (χ3n) is 2.19. The maximum Gasteiger partial charge on any atom is 0.252 e. The molecule has 1 amide bonds. The lowest BCUT2D eigenvalue weighted by atomic mass is 10.2. The summed E-state index contributed by atoms with van der Waals surface area (Å²) in [5.41, 5.74) is 0.549. The first-order valence-electron chi connectivity index (χ1n) is 5.14. The van der Waals surface area contributed by atoms with E-state index in [-0.39, 0.29) is 5.91 Å². The Bertz CT molecular complexity index is 481. The van der Waals surface area contributed by atoms with Crippen molar-refractivity contribution in [3.63, 3.8) is 0 Å². The maximum atomic E-state index is 11.7. The Kier molecular flexibility index (Phi) is 3.87. The quantitative estimate of drug-likeness (QED) is 0.841. The van der Waals surface area contributed by atoms with E-state index in [4.69, 9.17) is 0 Å². The fourth-order valence-electron chi connectivity index (χ4n) is 1.34. The topological polar surface area (TPSA) is 70.7 Å². The molecule has 0 atom stereocenters. The number of nitrogens with one attached hydrogen (secondary N) is 2. The fraction of sp³-hybridized carbons (Fsp3) is 0.182. The van der Waals surface area contributed by atoms with Gasteiger partial charge in [0.15, 0.2) is 0 Å². The normalized spacial score (nSPS) is 10.2. The molecule has 0 aliphatic rings. The molecule has 0 aliphatic heterocycles. The number of hydrogen-bond donors (Lipinski definition) is 2. The van der Waals surface area contributed by atoms with Crippen LogP contribution in [0.3, 0.4) is 0 Å². The number of amides is 1. The molecule has 17 heavy (non-hydrogen) atoms. The lowest BCUT2D eigenvalue weighted by Crippen LogP contribution is -2.26. The van der Waals surface area contributed by atoms with Crippen LogP contribution in [0.5, 0.6) is 0 Å². The van der Waals surface area contributed by atoms with Crippen molar-refractivity contribution in [3.8, 4) is 0 Å². The second-order valence-corrected chi connectivity index (χ2v) is 4.22. The van der Waals surface area contributed by atoms with Gasteiger partial charge in [0.2, 0.25) is 0 Å². The summed E-state index contributed by atoms with van der Waals surface area (Å²) in [6, 6.07) is 3.46. The highest BCUT2D eigenvalue weighted by molar-refractivity contribution is 9.10. The average Bonchev–Trinajstić information content (AvgIpc) is 2.83. The maximum absolute atomic E-state index is 11.7. The lowest BCUT2D eigenvalue weighted by Gasteiger charge is -2.03. The fourth-order valence-corrected chi connectivity index (χ4v) is 1.58. The zero-order valence-electron chi connectivity index (χ0n) is 8.98. The molecule has 2 aromatic rings. The van der Waals surface area contributed by atoms with E-state index in [9.17, 15) is 4.79 Å². The Labute approximate surface area is 107 Å². The highest BCUT2D eigenvalue weighted by Crippen LogP contribution is 2.05. The average molecular weight is 295 g/mol. The number of H-pyrrole nitrogens is 1. The molecular formula is C11H11BrN4O. The van der Waals surface area contributed by atoms with Gasteiger partial charge in [0.05, 0.1) is 5.56 Å². The molecule has 2 N–H and O–H groups in total. The van der Waals surface area contributed by atoms with Crippen molar-refractivity contribution in [3.05, 3.63) is 46.7 Å². The van der Waals surface area contributed by atoms with Crippen LogP contribution in [0.2, 0.25) is 0 Å². The van der Waals surface area contributed by atoms with E-state index in [1.165, 1.54) is 6.20 Å². The summed E-state index contributed by atoms with van der Waals surface area (Å²) in [7, 11) is 0. The highest BCUT2D eigenvalue weighted by Gasteiger charge is 2.05. The molecule has 2 rings (SSSR count). The van der Waals surface area contributed by atoms with E-state index in [1.807, 2.05) is 0 Å². The standard InChI is InChI=1S/C11H11BrN4O/c12-9-2-1-8(7-16-9)11(17)15-4-3-10-13-5-6-14-10/h1-2,5-7H,3-4H2,(H,13,14)(H,15,17). The summed E-state index contributed by atoms with van der Waals surface area (Å²) in [4.78, 5) is 22.7. The number of imidazole rings is 1. The molecule has 0 saturated heterocycles. The number of carbonyl (C=O) groups excluding carboxylic acids is 1. The van der Waals surface area contributed by atoms with Crippen molar-refractivity contribution in [2.75, 3.05) is 6.54 Å². The number of aromatic nitrogens is 3. The van der Waals surface area contributed by atoms with Crippen molar-refractivity contribution in [2.45, 2.75) is 6.42 Å². The van der Waals surface area contributed by atoms with Crippen molar-refractivity contribution < 1.29 is 4.79 Å². The van der Waals surface area contributed by atoms with Crippen molar-refractivity contribution in [2.24, 2.45) is 0 Å². The molecule has 6 heteroatoms. The Hall–Kier alpha value is -1.69. The van der Waals surface area contributed by atoms with Crippen LogP contribution < -0.4 is 5.32 Å². The van der Waals surface area contributed by atoms with E-state index < -0.39 is 0 Å². The van der Waals surface area contributed by atoms with E-state index in [1.54, 1.807) is 24.5 Å². The van der Waals surface area contributed by atoms with E-state index >= 15 is 0 Å². The van der Waals surface area contributed by atoms with Crippen molar-refractivity contribution >= 4 is 21.8 Å². The summed E-state index contributed by atoms with van der Waals surface area (Å²) in [5.74, 6) is 0.732. The molecule has 5 nitrogen and oxygen atoms in total. The lowest BCUT2D eigenvalue weighted by molar-refractivity contribution is 0.0953. The number of halogens is 1. The molecule has 0 aliphatic carbocycles. The third-order valence-corrected chi connectivity index (χ3v) is 2.66. The number of pyridine rings is 1. The highest BCUT2D eigenvalue weighted by atomic mass is 79.9. The van der Waals surface area contributed by atoms with E-state index in [0.29, 0.717) is 23.1 Å². The first-order valence-corrected chi connectivity index (χ1v) is 5.93. The number of nitrogens with zero attached hydrogens (tertiary/aromatic N) is 2. The minimum Gasteiger partial charge on any atom is -0.352 e. The van der Waals surface area contributed by atoms with Gasteiger partial charge in [-0.25, -0.2) is 9.97 Å². The summed E-state index contributed by atoms with van der Waals surface area (Å²) in [5, 5.41) is 2.80. The molecular weight excluding hydrogens is 284 g/mol. The molecule has 0 spiro atoms. The largest absolute Gasteiger partial charge is 0.352 e. The Balaban J connectivity index is 1.83. The molecule has 0 bridgehead atoms. The SMILES string of the molecule is O=C(NCCc1ncc[nH]1)c1ccc(Br)nc1. The predicted octanol–water partition coefficient (Wildman–Crippen LogP) is 1.54. The van der Waals surface area contributed by atoms with E-state index in [0.717, 1.165) is 5.82 Å². The molecule has 2 heterocycles. The number of carbonyl (C=O) groups is 1. The van der Waals surface area contributed by atoms with Gasteiger partial charge in [0, 0.05) is 31.6 Å². The molecule has 88 valence electrons. The van der Waals surface area contributed by atoms with Gasteiger partial charge in [-0.2, -0.15) is 0 Å². The summed E-state index contributed by atoms with van der Waals surface area (Å²) >= 11 is 3.22. The van der Waals surface area contributed by atoms with Crippen LogP contribution in [0.25, 0.3) is 0 Å². The Morgan fingerprint density at radius 3 is 2.94 bits per heavy atom. The molecule has 0 aromatic carbocycles. The molecule has 0 radical (unpaired) electrons. The molecule has 2 aromatic heterocycles. The predicted molar refractivity (Wildman–Crippen MR) is 66.6 cm³/mol. The van der Waals surface area contributed by atoms with Crippen LogP contribution in [0.15, 0.2) is 35.3 Å². The Morgan fingerprint density at radius 2 is 2.29 bits per heavy atom. The Morgan fingerprint density at radius 1 is 1.41 bits per heavy atom. The summed E-state index contributed by atoms with van der Waals surface area (Å²) < 4.78 is 0.713. The zero-order valence-corrected chi connectivity index (χ0v) is 10.6. The van der Waals surface area contributed by atoms with Gasteiger partial charge in [-0.1, -0.05) is 0 Å². The van der Waals surface area contributed by atoms with Crippen LogP contribution in [-0.4, -0.2) is 27.4 Å². The minimum absolute atomic E-state index is 0.128. The second kappa shape index (κ2) is 5.58. The molecule has 0 unspecified atom stereocenters. The summed E-state index contributed by atoms with van der Waals surface area (Å²) in [6.07, 6.45) is 5.67. The van der Waals surface area contributed by atoms with Gasteiger partial charge in [-0.15, -0.1) is 0 Å². The first kappa shape index (κ1) is 11.8. The second-order valence-electron chi connectivity index (χ2n) is 3.41. The van der Waals surface area contributed by atoms with Crippen LogP contribution in [0, 0.1) is 0 Å². The van der Waals surface area contributed by atoms with Gasteiger partial charge in [0.25, 0.3) is 5.91 Å². The smallest absolute Gasteiger partial charge is 0.252 e.